The highest BCUT2D eigenvalue weighted by atomic mass is 32.1. The molecule has 4 aromatic rings. The number of thiophene rings is 1. The summed E-state index contributed by atoms with van der Waals surface area (Å²) in [6.07, 6.45) is 4.54. The van der Waals surface area contributed by atoms with Gasteiger partial charge in [0.2, 0.25) is 0 Å². The van der Waals surface area contributed by atoms with Gasteiger partial charge in [0.15, 0.2) is 11.6 Å². The molecule has 1 aliphatic rings. The van der Waals surface area contributed by atoms with Gasteiger partial charge in [0.25, 0.3) is 5.56 Å². The van der Waals surface area contributed by atoms with Crippen LogP contribution in [0, 0.1) is 11.6 Å². The number of hydrogen-bond donors (Lipinski definition) is 0. The number of anilines is 1. The molecule has 5 nitrogen and oxygen atoms in total. The first-order chi connectivity index (χ1) is 15.4. The fraction of sp³-hybridized carbons (Fsp3) is 0.250. The normalized spacial score (nSPS) is 16.4. The van der Waals surface area contributed by atoms with Crippen LogP contribution in [0.5, 0.6) is 0 Å². The molecule has 0 amide bonds. The first-order valence-corrected chi connectivity index (χ1v) is 11.2. The van der Waals surface area contributed by atoms with Crippen molar-refractivity contribution in [3.05, 3.63) is 76.8 Å². The minimum absolute atomic E-state index is 0.162. The average molecular weight is 453 g/mol. The number of hydrogen-bond acceptors (Lipinski definition) is 5. The SMILES string of the molecule is CN(C)C1CCN(c2ccc(-n3ccc4cc(-c5ccc(F)c(F)c5)sc4c3=O)cn2)C1. The number of pyridine rings is 2. The van der Waals surface area contributed by atoms with E-state index in [0.717, 1.165) is 42.8 Å². The molecule has 32 heavy (non-hydrogen) atoms. The van der Waals surface area contributed by atoms with Crippen molar-refractivity contribution >= 4 is 27.2 Å². The molecule has 5 rings (SSSR count). The molecule has 1 unspecified atom stereocenters. The molecular weight excluding hydrogens is 430 g/mol. The maximum absolute atomic E-state index is 13.6. The lowest BCUT2D eigenvalue weighted by atomic mass is 10.1. The first kappa shape index (κ1) is 20.8. The Morgan fingerprint density at radius 2 is 1.94 bits per heavy atom. The van der Waals surface area contributed by atoms with Gasteiger partial charge in [0.05, 0.1) is 11.9 Å². The fourth-order valence-corrected chi connectivity index (χ4v) is 5.18. The van der Waals surface area contributed by atoms with Crippen molar-refractivity contribution in [2.45, 2.75) is 12.5 Å². The molecule has 1 aliphatic heterocycles. The van der Waals surface area contributed by atoms with E-state index in [2.05, 4.69) is 28.9 Å². The summed E-state index contributed by atoms with van der Waals surface area (Å²) in [5, 5.41) is 0.771. The summed E-state index contributed by atoms with van der Waals surface area (Å²) in [5.74, 6) is -0.887. The standard InChI is InChI=1S/C24H22F2N4OS/c1-28(2)18-8-9-29(14-18)22-6-4-17(13-27-22)30-10-7-16-12-21(32-23(16)24(30)31)15-3-5-19(25)20(26)11-15/h3-7,10-13,18H,8-9,14H2,1-2H3. The lowest BCUT2D eigenvalue weighted by Crippen LogP contribution is -2.31. The van der Waals surface area contributed by atoms with E-state index in [0.29, 0.717) is 26.9 Å². The molecule has 8 heteroatoms. The van der Waals surface area contributed by atoms with Crippen LogP contribution in [0.4, 0.5) is 14.6 Å². The molecule has 0 bridgehead atoms. The van der Waals surface area contributed by atoms with Gasteiger partial charge in [-0.2, -0.15) is 0 Å². The van der Waals surface area contributed by atoms with Crippen molar-refractivity contribution in [2.75, 3.05) is 32.1 Å². The third kappa shape index (κ3) is 3.69. The molecule has 1 aromatic carbocycles. The highest BCUT2D eigenvalue weighted by molar-refractivity contribution is 7.22. The molecule has 0 spiro atoms. The van der Waals surface area contributed by atoms with E-state index in [-0.39, 0.29) is 5.56 Å². The van der Waals surface area contributed by atoms with Gasteiger partial charge in [-0.3, -0.25) is 9.36 Å². The van der Waals surface area contributed by atoms with Crippen molar-refractivity contribution in [3.63, 3.8) is 0 Å². The van der Waals surface area contributed by atoms with Crippen LogP contribution in [0.1, 0.15) is 6.42 Å². The second kappa shape index (κ2) is 8.11. The monoisotopic (exact) mass is 452 g/mol. The van der Waals surface area contributed by atoms with Crippen LogP contribution in [-0.2, 0) is 0 Å². The highest BCUT2D eigenvalue weighted by Gasteiger charge is 2.24. The molecule has 0 saturated carbocycles. The second-order valence-corrected chi connectivity index (χ2v) is 9.29. The van der Waals surface area contributed by atoms with Gasteiger partial charge >= 0.3 is 0 Å². The second-order valence-electron chi connectivity index (χ2n) is 8.24. The van der Waals surface area contributed by atoms with E-state index < -0.39 is 11.6 Å². The maximum atomic E-state index is 13.6. The Bertz CT molecular complexity index is 1350. The Labute approximate surface area is 188 Å². The van der Waals surface area contributed by atoms with Gasteiger partial charge < -0.3 is 9.80 Å². The van der Waals surface area contributed by atoms with E-state index in [1.165, 1.54) is 17.4 Å². The van der Waals surface area contributed by atoms with Gasteiger partial charge in [0.1, 0.15) is 10.5 Å². The molecule has 4 heterocycles. The fourth-order valence-electron chi connectivity index (χ4n) is 4.10. The van der Waals surface area contributed by atoms with Crippen molar-refractivity contribution < 1.29 is 8.78 Å². The van der Waals surface area contributed by atoms with Crippen LogP contribution in [0.25, 0.3) is 26.2 Å². The predicted octanol–water partition coefficient (Wildman–Crippen LogP) is 4.53. The summed E-state index contributed by atoms with van der Waals surface area (Å²) >= 11 is 1.27. The Balaban J connectivity index is 1.45. The molecule has 164 valence electrons. The van der Waals surface area contributed by atoms with Gasteiger partial charge in [-0.05, 0) is 62.5 Å². The topological polar surface area (TPSA) is 41.4 Å². The van der Waals surface area contributed by atoms with Gasteiger partial charge in [-0.1, -0.05) is 6.07 Å². The summed E-state index contributed by atoms with van der Waals surface area (Å²) in [5.41, 5.74) is 1.07. The van der Waals surface area contributed by atoms with Crippen LogP contribution in [-0.4, -0.2) is 47.7 Å². The Hall–Kier alpha value is -3.10. The summed E-state index contributed by atoms with van der Waals surface area (Å²) in [6.45, 7) is 1.90. The number of halogens is 2. The summed E-state index contributed by atoms with van der Waals surface area (Å²) in [6, 6.07) is 11.8. The summed E-state index contributed by atoms with van der Waals surface area (Å²) < 4.78 is 29.0. The Kier molecular flexibility index (Phi) is 5.27. The molecule has 0 radical (unpaired) electrons. The predicted molar refractivity (Wildman–Crippen MR) is 125 cm³/mol. The Morgan fingerprint density at radius 1 is 1.09 bits per heavy atom. The Morgan fingerprint density at radius 3 is 2.62 bits per heavy atom. The molecule has 1 fully saturated rings. The van der Waals surface area contributed by atoms with Crippen molar-refractivity contribution in [1.82, 2.24) is 14.5 Å². The largest absolute Gasteiger partial charge is 0.355 e. The summed E-state index contributed by atoms with van der Waals surface area (Å²) in [4.78, 5) is 23.0. The van der Waals surface area contributed by atoms with E-state index in [1.54, 1.807) is 17.0 Å². The number of benzene rings is 1. The average Bonchev–Trinajstić information content (AvgIpc) is 3.44. The minimum atomic E-state index is -0.904. The molecule has 0 N–H and O–H groups in total. The maximum Gasteiger partial charge on any atom is 0.273 e. The van der Waals surface area contributed by atoms with Gasteiger partial charge in [-0.25, -0.2) is 13.8 Å². The smallest absolute Gasteiger partial charge is 0.273 e. The molecular formula is C24H22F2N4OS. The number of likely N-dealkylation sites (N-methyl/N-ethyl adjacent to an activating group) is 1. The van der Waals surface area contributed by atoms with Crippen LogP contribution in [0.15, 0.2) is 59.7 Å². The lowest BCUT2D eigenvalue weighted by molar-refractivity contribution is 0.315. The molecule has 1 atom stereocenters. The highest BCUT2D eigenvalue weighted by Crippen LogP contribution is 2.32. The van der Waals surface area contributed by atoms with Crippen LogP contribution >= 0.6 is 11.3 Å². The first-order valence-electron chi connectivity index (χ1n) is 10.4. The van der Waals surface area contributed by atoms with Crippen molar-refractivity contribution in [2.24, 2.45) is 0 Å². The van der Waals surface area contributed by atoms with Gasteiger partial charge in [-0.15, -0.1) is 11.3 Å². The van der Waals surface area contributed by atoms with E-state index >= 15 is 0 Å². The van der Waals surface area contributed by atoms with Gasteiger partial charge in [0, 0.05) is 35.6 Å². The zero-order valence-electron chi connectivity index (χ0n) is 17.8. The minimum Gasteiger partial charge on any atom is -0.355 e. The number of fused-ring (bicyclic) bond motifs is 1. The quantitative estimate of drug-likeness (QED) is 0.456. The van der Waals surface area contributed by atoms with Crippen LogP contribution in [0.3, 0.4) is 0 Å². The lowest BCUT2D eigenvalue weighted by Gasteiger charge is -2.21. The van der Waals surface area contributed by atoms with E-state index in [9.17, 15) is 13.6 Å². The number of aromatic nitrogens is 2. The number of rotatable bonds is 4. The molecule has 0 aliphatic carbocycles. The zero-order valence-corrected chi connectivity index (χ0v) is 18.6. The van der Waals surface area contributed by atoms with E-state index in [4.69, 9.17) is 0 Å². The third-order valence-corrected chi connectivity index (χ3v) is 7.20. The third-order valence-electron chi connectivity index (χ3n) is 6.01. The van der Waals surface area contributed by atoms with Crippen LogP contribution in [0.2, 0.25) is 0 Å². The van der Waals surface area contributed by atoms with Crippen molar-refractivity contribution in [3.8, 4) is 16.1 Å². The van der Waals surface area contributed by atoms with Crippen molar-refractivity contribution in [1.29, 1.82) is 0 Å². The zero-order chi connectivity index (χ0) is 22.4. The molecule has 1 saturated heterocycles. The van der Waals surface area contributed by atoms with E-state index in [1.807, 2.05) is 24.3 Å². The summed E-state index contributed by atoms with van der Waals surface area (Å²) in [7, 11) is 4.19. The number of nitrogens with zero attached hydrogens (tertiary/aromatic N) is 4. The van der Waals surface area contributed by atoms with Crippen LogP contribution < -0.4 is 10.5 Å². The molecule has 3 aromatic heterocycles.